The molecular weight excluding hydrogens is 404 g/mol. The summed E-state index contributed by atoms with van der Waals surface area (Å²) in [6.07, 6.45) is 1.83. The number of methoxy groups -OCH3 is 1. The number of nitrogens with zero attached hydrogens (tertiary/aromatic N) is 1. The van der Waals surface area contributed by atoms with Crippen LogP contribution in [0.2, 0.25) is 0 Å². The van der Waals surface area contributed by atoms with Crippen molar-refractivity contribution >= 4 is 30.0 Å². The largest absolute Gasteiger partial charge is 0.496 e. The average molecular weight is 433 g/mol. The zero-order valence-corrected chi connectivity index (χ0v) is 18.1. The van der Waals surface area contributed by atoms with E-state index in [1.807, 2.05) is 6.07 Å². The summed E-state index contributed by atoms with van der Waals surface area (Å²) in [6, 6.07) is 15.3. The van der Waals surface area contributed by atoms with Crippen LogP contribution in [0.3, 0.4) is 0 Å². The molecule has 0 atom stereocenters. The number of rotatable bonds is 6. The van der Waals surface area contributed by atoms with E-state index in [9.17, 15) is 9.59 Å². The van der Waals surface area contributed by atoms with Gasteiger partial charge in [-0.3, -0.25) is 9.69 Å². The van der Waals surface area contributed by atoms with E-state index >= 15 is 0 Å². The maximum Gasteiger partial charge on any atom is 0.318 e. The molecule has 3 amide bonds. The fourth-order valence-corrected chi connectivity index (χ4v) is 3.49. The SMILES string of the molecule is CNC(=O)Nc1ccc(C(=O)NC2CCN(Cc3ccccc3)CC2)c(OC)c1.Cl. The van der Waals surface area contributed by atoms with Gasteiger partial charge in [0, 0.05) is 44.5 Å². The Hall–Kier alpha value is -2.77. The number of ether oxygens (including phenoxy) is 1. The Kier molecular flexibility index (Phi) is 8.95. The highest BCUT2D eigenvalue weighted by Gasteiger charge is 2.22. The van der Waals surface area contributed by atoms with Gasteiger partial charge in [0.2, 0.25) is 0 Å². The molecule has 2 aromatic rings. The molecule has 0 unspecified atom stereocenters. The topological polar surface area (TPSA) is 82.7 Å². The molecule has 0 bridgehead atoms. The summed E-state index contributed by atoms with van der Waals surface area (Å²) in [5.74, 6) is 0.271. The molecule has 7 nitrogen and oxygen atoms in total. The summed E-state index contributed by atoms with van der Waals surface area (Å²) in [4.78, 5) is 26.6. The van der Waals surface area contributed by atoms with E-state index in [0.29, 0.717) is 17.0 Å². The summed E-state index contributed by atoms with van der Waals surface area (Å²) in [5.41, 5.74) is 2.33. The maximum atomic E-state index is 12.8. The van der Waals surface area contributed by atoms with E-state index in [1.165, 1.54) is 12.7 Å². The summed E-state index contributed by atoms with van der Waals surface area (Å²) >= 11 is 0. The van der Waals surface area contributed by atoms with Crippen molar-refractivity contribution in [1.29, 1.82) is 0 Å². The number of anilines is 1. The van der Waals surface area contributed by atoms with Gasteiger partial charge in [0.25, 0.3) is 5.91 Å². The third-order valence-electron chi connectivity index (χ3n) is 5.10. The zero-order valence-electron chi connectivity index (χ0n) is 17.3. The third-order valence-corrected chi connectivity index (χ3v) is 5.10. The molecular formula is C22H29ClN4O3. The van der Waals surface area contributed by atoms with Gasteiger partial charge in [-0.05, 0) is 30.5 Å². The van der Waals surface area contributed by atoms with Crippen molar-refractivity contribution in [2.45, 2.75) is 25.4 Å². The monoisotopic (exact) mass is 432 g/mol. The van der Waals surface area contributed by atoms with Crippen molar-refractivity contribution in [1.82, 2.24) is 15.5 Å². The molecule has 0 spiro atoms. The second-order valence-electron chi connectivity index (χ2n) is 7.13. The highest BCUT2D eigenvalue weighted by Crippen LogP contribution is 2.24. The minimum absolute atomic E-state index is 0. The normalized spacial score (nSPS) is 14.3. The molecule has 3 rings (SSSR count). The molecule has 0 radical (unpaired) electrons. The van der Waals surface area contributed by atoms with Gasteiger partial charge in [-0.2, -0.15) is 0 Å². The first kappa shape index (κ1) is 23.5. The molecule has 162 valence electrons. The van der Waals surface area contributed by atoms with Crippen molar-refractivity contribution in [3.8, 4) is 5.75 Å². The quantitative estimate of drug-likeness (QED) is 0.654. The molecule has 1 aliphatic rings. The highest BCUT2D eigenvalue weighted by molar-refractivity contribution is 5.98. The van der Waals surface area contributed by atoms with Gasteiger partial charge in [-0.1, -0.05) is 30.3 Å². The molecule has 1 heterocycles. The number of nitrogens with one attached hydrogen (secondary N) is 3. The van der Waals surface area contributed by atoms with Crippen molar-refractivity contribution < 1.29 is 14.3 Å². The van der Waals surface area contributed by atoms with Crippen LogP contribution in [0.1, 0.15) is 28.8 Å². The molecule has 0 saturated carbocycles. The van der Waals surface area contributed by atoms with E-state index < -0.39 is 0 Å². The Labute approximate surface area is 183 Å². The number of carbonyl (C=O) groups is 2. The lowest BCUT2D eigenvalue weighted by molar-refractivity contribution is 0.0906. The second kappa shape index (κ2) is 11.4. The molecule has 30 heavy (non-hydrogen) atoms. The minimum atomic E-state index is -0.327. The molecule has 1 aliphatic heterocycles. The Morgan fingerprint density at radius 1 is 1.10 bits per heavy atom. The smallest absolute Gasteiger partial charge is 0.318 e. The fraction of sp³-hybridized carbons (Fsp3) is 0.364. The van der Waals surface area contributed by atoms with Crippen LogP contribution in [0.25, 0.3) is 0 Å². The number of piperidine rings is 1. The van der Waals surface area contributed by atoms with E-state index in [-0.39, 0.29) is 30.4 Å². The number of hydrogen-bond donors (Lipinski definition) is 3. The van der Waals surface area contributed by atoms with E-state index in [4.69, 9.17) is 4.74 Å². The van der Waals surface area contributed by atoms with Crippen LogP contribution in [0.5, 0.6) is 5.75 Å². The van der Waals surface area contributed by atoms with Gasteiger partial charge in [0.05, 0.1) is 12.7 Å². The van der Waals surface area contributed by atoms with Crippen LogP contribution in [-0.2, 0) is 6.54 Å². The van der Waals surface area contributed by atoms with Crippen LogP contribution in [0.4, 0.5) is 10.5 Å². The molecule has 1 saturated heterocycles. The van der Waals surface area contributed by atoms with Crippen LogP contribution in [0.15, 0.2) is 48.5 Å². The molecule has 2 aromatic carbocycles. The minimum Gasteiger partial charge on any atom is -0.496 e. The Balaban J connectivity index is 0.00000320. The number of halogens is 1. The summed E-state index contributed by atoms with van der Waals surface area (Å²) in [5, 5.41) is 8.28. The Morgan fingerprint density at radius 2 is 1.80 bits per heavy atom. The zero-order chi connectivity index (χ0) is 20.6. The number of amides is 3. The van der Waals surface area contributed by atoms with Crippen LogP contribution in [-0.4, -0.2) is 50.1 Å². The first-order valence-electron chi connectivity index (χ1n) is 9.83. The van der Waals surface area contributed by atoms with Crippen molar-refractivity contribution in [3.05, 3.63) is 59.7 Å². The number of urea groups is 1. The lowest BCUT2D eigenvalue weighted by Gasteiger charge is -2.32. The van der Waals surface area contributed by atoms with Gasteiger partial charge >= 0.3 is 6.03 Å². The highest BCUT2D eigenvalue weighted by atomic mass is 35.5. The van der Waals surface area contributed by atoms with Crippen LogP contribution in [0, 0.1) is 0 Å². The van der Waals surface area contributed by atoms with Crippen LogP contribution < -0.4 is 20.7 Å². The lowest BCUT2D eigenvalue weighted by atomic mass is 10.0. The molecule has 3 N–H and O–H groups in total. The molecule has 0 aliphatic carbocycles. The Bertz CT molecular complexity index is 840. The van der Waals surface area contributed by atoms with Crippen molar-refractivity contribution in [2.24, 2.45) is 0 Å². The summed E-state index contributed by atoms with van der Waals surface area (Å²) in [6.45, 7) is 2.84. The lowest BCUT2D eigenvalue weighted by Crippen LogP contribution is -2.44. The van der Waals surface area contributed by atoms with Gasteiger partial charge < -0.3 is 20.7 Å². The van der Waals surface area contributed by atoms with Gasteiger partial charge in [-0.25, -0.2) is 4.79 Å². The number of carbonyl (C=O) groups excluding carboxylic acids is 2. The predicted octanol–water partition coefficient (Wildman–Crippen LogP) is 3.26. The predicted molar refractivity (Wildman–Crippen MR) is 121 cm³/mol. The van der Waals surface area contributed by atoms with Crippen LogP contribution >= 0.6 is 12.4 Å². The van der Waals surface area contributed by atoms with E-state index in [1.54, 1.807) is 25.2 Å². The van der Waals surface area contributed by atoms with Gasteiger partial charge in [0.15, 0.2) is 0 Å². The van der Waals surface area contributed by atoms with Crippen molar-refractivity contribution in [3.63, 3.8) is 0 Å². The van der Waals surface area contributed by atoms with Gasteiger partial charge in [0.1, 0.15) is 5.75 Å². The number of hydrogen-bond acceptors (Lipinski definition) is 4. The third kappa shape index (κ3) is 6.37. The summed E-state index contributed by atoms with van der Waals surface area (Å²) in [7, 11) is 3.05. The first-order chi connectivity index (χ1) is 14.1. The second-order valence-corrected chi connectivity index (χ2v) is 7.13. The Morgan fingerprint density at radius 3 is 2.43 bits per heavy atom. The fourth-order valence-electron chi connectivity index (χ4n) is 3.49. The number of likely N-dealkylation sites (tertiary alicyclic amines) is 1. The van der Waals surface area contributed by atoms with E-state index in [0.717, 1.165) is 32.5 Å². The average Bonchev–Trinajstić information content (AvgIpc) is 2.75. The standard InChI is InChI=1S/C22H28N4O3.ClH/c1-23-22(28)25-18-8-9-19(20(14-18)29-2)21(27)24-17-10-12-26(13-11-17)15-16-6-4-3-5-7-16;/h3-9,14,17H,10-13,15H2,1-2H3,(H,24,27)(H2,23,25,28);1H. The molecule has 8 heteroatoms. The van der Waals surface area contributed by atoms with Crippen molar-refractivity contribution in [2.75, 3.05) is 32.6 Å². The number of benzene rings is 2. The van der Waals surface area contributed by atoms with Gasteiger partial charge in [-0.15, -0.1) is 12.4 Å². The first-order valence-corrected chi connectivity index (χ1v) is 9.83. The molecule has 1 fully saturated rings. The molecule has 0 aromatic heterocycles. The maximum absolute atomic E-state index is 12.8. The van der Waals surface area contributed by atoms with E-state index in [2.05, 4.69) is 45.1 Å². The summed E-state index contributed by atoms with van der Waals surface area (Å²) < 4.78 is 5.35.